The van der Waals surface area contributed by atoms with Crippen LogP contribution in [0.3, 0.4) is 0 Å². The van der Waals surface area contributed by atoms with Crippen molar-refractivity contribution in [3.8, 4) is 0 Å². The van der Waals surface area contributed by atoms with E-state index in [9.17, 15) is 0 Å². The Balaban J connectivity index is 2.34. The summed E-state index contributed by atoms with van der Waals surface area (Å²) in [5.74, 6) is 0.245. The zero-order chi connectivity index (χ0) is 14.4. The van der Waals surface area contributed by atoms with Crippen molar-refractivity contribution < 1.29 is 4.74 Å². The molecular formula is C15H21BrClNO. The zero-order valence-corrected chi connectivity index (χ0v) is 14.2. The van der Waals surface area contributed by atoms with Crippen LogP contribution in [0.1, 0.15) is 45.7 Å². The van der Waals surface area contributed by atoms with Crippen LogP contribution in [0.15, 0.2) is 22.7 Å². The predicted octanol–water partition coefficient (Wildman–Crippen LogP) is 4.70. The van der Waals surface area contributed by atoms with Gasteiger partial charge < -0.3 is 10.5 Å². The first-order valence-corrected chi connectivity index (χ1v) is 7.70. The number of halogens is 2. The van der Waals surface area contributed by atoms with E-state index in [0.717, 1.165) is 21.5 Å². The average molecular weight is 347 g/mol. The van der Waals surface area contributed by atoms with Gasteiger partial charge in [0.2, 0.25) is 0 Å². The monoisotopic (exact) mass is 345 g/mol. The third-order valence-electron chi connectivity index (χ3n) is 3.89. The molecule has 0 radical (unpaired) electrons. The quantitative estimate of drug-likeness (QED) is 0.842. The summed E-state index contributed by atoms with van der Waals surface area (Å²) in [6.45, 7) is 8.45. The van der Waals surface area contributed by atoms with Crippen LogP contribution < -0.4 is 5.73 Å². The minimum atomic E-state index is -0.242. The van der Waals surface area contributed by atoms with E-state index in [2.05, 4.69) is 43.6 Å². The van der Waals surface area contributed by atoms with E-state index in [1.807, 2.05) is 18.2 Å². The maximum atomic E-state index is 6.48. The molecule has 4 heteroatoms. The first-order valence-electron chi connectivity index (χ1n) is 6.53. The molecule has 2 atom stereocenters. The second-order valence-corrected chi connectivity index (χ2v) is 7.79. The van der Waals surface area contributed by atoms with Crippen molar-refractivity contribution in [2.45, 2.75) is 51.4 Å². The van der Waals surface area contributed by atoms with E-state index in [1.165, 1.54) is 0 Å². The van der Waals surface area contributed by atoms with Crippen molar-refractivity contribution in [3.63, 3.8) is 0 Å². The molecule has 106 valence electrons. The van der Waals surface area contributed by atoms with Gasteiger partial charge in [-0.3, -0.25) is 0 Å². The number of hydrogen-bond acceptors (Lipinski definition) is 2. The molecule has 19 heavy (non-hydrogen) atoms. The van der Waals surface area contributed by atoms with Gasteiger partial charge in [-0.05, 0) is 57.9 Å². The van der Waals surface area contributed by atoms with Gasteiger partial charge in [0.25, 0.3) is 0 Å². The minimum Gasteiger partial charge on any atom is -0.369 e. The minimum absolute atomic E-state index is 0.123. The molecule has 0 saturated carbocycles. The summed E-state index contributed by atoms with van der Waals surface area (Å²) in [6, 6.07) is 5.70. The lowest BCUT2D eigenvalue weighted by atomic mass is 9.79. The number of benzene rings is 1. The Labute approximate surface area is 128 Å². The molecule has 1 aromatic carbocycles. The topological polar surface area (TPSA) is 35.2 Å². The Morgan fingerprint density at radius 2 is 2.00 bits per heavy atom. The van der Waals surface area contributed by atoms with E-state index < -0.39 is 0 Å². The van der Waals surface area contributed by atoms with Crippen LogP contribution in [-0.2, 0) is 4.74 Å². The molecule has 1 aromatic rings. The molecule has 2 N–H and O–H groups in total. The molecule has 1 heterocycles. The molecule has 0 aromatic heterocycles. The zero-order valence-electron chi connectivity index (χ0n) is 11.8. The third-order valence-corrected chi connectivity index (χ3v) is 4.73. The summed E-state index contributed by atoms with van der Waals surface area (Å²) < 4.78 is 7.13. The van der Waals surface area contributed by atoms with Gasteiger partial charge in [0.15, 0.2) is 0 Å². The van der Waals surface area contributed by atoms with Crippen molar-refractivity contribution in [2.75, 3.05) is 0 Å². The lowest BCUT2D eigenvalue weighted by Gasteiger charge is -2.31. The van der Waals surface area contributed by atoms with E-state index in [-0.39, 0.29) is 23.2 Å². The van der Waals surface area contributed by atoms with Gasteiger partial charge in [-0.15, -0.1) is 0 Å². The highest BCUT2D eigenvalue weighted by Gasteiger charge is 2.48. The summed E-state index contributed by atoms with van der Waals surface area (Å²) >= 11 is 9.77. The smallest absolute Gasteiger partial charge is 0.0680 e. The Bertz CT molecular complexity index is 487. The van der Waals surface area contributed by atoms with E-state index in [4.69, 9.17) is 22.1 Å². The maximum Gasteiger partial charge on any atom is 0.0680 e. The van der Waals surface area contributed by atoms with Crippen molar-refractivity contribution >= 4 is 27.5 Å². The summed E-state index contributed by atoms with van der Waals surface area (Å²) in [5, 5.41) is 0.719. The van der Waals surface area contributed by atoms with Crippen molar-refractivity contribution in [1.82, 2.24) is 0 Å². The van der Waals surface area contributed by atoms with Gasteiger partial charge in [0.05, 0.1) is 11.2 Å². The second kappa shape index (κ2) is 5.03. The number of nitrogens with two attached hydrogens (primary N) is 1. The van der Waals surface area contributed by atoms with Gasteiger partial charge in [-0.1, -0.05) is 27.5 Å². The van der Waals surface area contributed by atoms with Crippen LogP contribution in [-0.4, -0.2) is 11.2 Å². The Morgan fingerprint density at radius 3 is 2.53 bits per heavy atom. The highest BCUT2D eigenvalue weighted by Crippen LogP contribution is 2.47. The molecule has 0 amide bonds. The SMILES string of the molecule is CC1(C)CC(C(N)c2cc(Br)ccc2Cl)C(C)(C)O1. The van der Waals surface area contributed by atoms with Crippen molar-refractivity contribution in [3.05, 3.63) is 33.3 Å². The second-order valence-electron chi connectivity index (χ2n) is 6.47. The highest BCUT2D eigenvalue weighted by molar-refractivity contribution is 9.10. The molecule has 2 nitrogen and oxygen atoms in total. The molecule has 2 rings (SSSR count). The fourth-order valence-electron chi connectivity index (χ4n) is 3.15. The maximum absolute atomic E-state index is 6.48. The Hall–Kier alpha value is -0.0900. The fraction of sp³-hybridized carbons (Fsp3) is 0.600. The molecule has 1 aliphatic rings. The summed E-state index contributed by atoms with van der Waals surface area (Å²) in [6.07, 6.45) is 0.935. The Kier molecular flexibility index (Phi) is 4.05. The van der Waals surface area contributed by atoms with Crippen LogP contribution in [0.4, 0.5) is 0 Å². The van der Waals surface area contributed by atoms with Gasteiger partial charge in [0, 0.05) is 21.5 Å². The van der Waals surface area contributed by atoms with Gasteiger partial charge >= 0.3 is 0 Å². The summed E-state index contributed by atoms with van der Waals surface area (Å²) in [5.41, 5.74) is 7.09. The van der Waals surface area contributed by atoms with Crippen LogP contribution in [0, 0.1) is 5.92 Å². The van der Waals surface area contributed by atoms with Crippen LogP contribution in [0.5, 0.6) is 0 Å². The van der Waals surface area contributed by atoms with Gasteiger partial charge in [-0.25, -0.2) is 0 Å². The van der Waals surface area contributed by atoms with Crippen molar-refractivity contribution in [2.24, 2.45) is 11.7 Å². The fourth-order valence-corrected chi connectivity index (χ4v) is 3.77. The molecule has 0 spiro atoms. The summed E-state index contributed by atoms with van der Waals surface area (Å²) in [4.78, 5) is 0. The first kappa shape index (κ1) is 15.3. The lowest BCUT2D eigenvalue weighted by molar-refractivity contribution is -0.0767. The van der Waals surface area contributed by atoms with Gasteiger partial charge in [0.1, 0.15) is 0 Å². The van der Waals surface area contributed by atoms with E-state index in [1.54, 1.807) is 0 Å². The summed E-state index contributed by atoms with van der Waals surface area (Å²) in [7, 11) is 0. The molecule has 1 saturated heterocycles. The largest absolute Gasteiger partial charge is 0.369 e. The third kappa shape index (κ3) is 3.15. The van der Waals surface area contributed by atoms with Crippen molar-refractivity contribution in [1.29, 1.82) is 0 Å². The first-order chi connectivity index (χ1) is 8.62. The normalized spacial score (nSPS) is 26.4. The van der Waals surface area contributed by atoms with E-state index in [0.29, 0.717) is 0 Å². The molecule has 1 aliphatic heterocycles. The molecule has 1 fully saturated rings. The van der Waals surface area contributed by atoms with E-state index >= 15 is 0 Å². The average Bonchev–Trinajstić information content (AvgIpc) is 2.49. The molecule has 0 aliphatic carbocycles. The van der Waals surface area contributed by atoms with Gasteiger partial charge in [-0.2, -0.15) is 0 Å². The van der Waals surface area contributed by atoms with Crippen LogP contribution in [0.25, 0.3) is 0 Å². The Morgan fingerprint density at radius 1 is 1.37 bits per heavy atom. The number of rotatable bonds is 2. The molecule has 0 bridgehead atoms. The lowest BCUT2D eigenvalue weighted by Crippen LogP contribution is -2.36. The number of ether oxygens (including phenoxy) is 1. The molecular weight excluding hydrogens is 326 g/mol. The number of hydrogen-bond donors (Lipinski definition) is 1. The predicted molar refractivity (Wildman–Crippen MR) is 83.4 cm³/mol. The van der Waals surface area contributed by atoms with Crippen LogP contribution >= 0.6 is 27.5 Å². The molecule has 2 unspecified atom stereocenters. The van der Waals surface area contributed by atoms with Crippen LogP contribution in [0.2, 0.25) is 5.02 Å². The highest BCUT2D eigenvalue weighted by atomic mass is 79.9. The standard InChI is InChI=1S/C15H21BrClNO/c1-14(2)8-11(15(3,4)19-14)13(18)10-7-9(16)5-6-12(10)17/h5-7,11,13H,8,18H2,1-4H3.